The molecule has 3 heterocycles. The fraction of sp³-hybridized carbons (Fsp3) is 0.111. The van der Waals surface area contributed by atoms with E-state index in [2.05, 4.69) is 26.1 Å². The topological polar surface area (TPSA) is 85.5 Å². The van der Waals surface area contributed by atoms with Crippen molar-refractivity contribution in [2.75, 3.05) is 4.90 Å². The van der Waals surface area contributed by atoms with Gasteiger partial charge in [-0.3, -0.25) is 14.5 Å². The van der Waals surface area contributed by atoms with E-state index in [4.69, 9.17) is 9.15 Å². The van der Waals surface area contributed by atoms with E-state index in [1.54, 1.807) is 18.2 Å². The van der Waals surface area contributed by atoms with Crippen LogP contribution in [0.2, 0.25) is 0 Å². The van der Waals surface area contributed by atoms with Crippen molar-refractivity contribution < 1.29 is 13.9 Å². The van der Waals surface area contributed by atoms with Gasteiger partial charge in [-0.2, -0.15) is 0 Å². The zero-order valence-corrected chi connectivity index (χ0v) is 21.4. The maximum Gasteiger partial charge on any atom is 0.297 e. The Balaban J connectivity index is 1.44. The highest BCUT2D eigenvalue weighted by atomic mass is 79.9. The Morgan fingerprint density at radius 3 is 2.53 bits per heavy atom. The Kier molecular flexibility index (Phi) is 5.66. The van der Waals surface area contributed by atoms with Crippen LogP contribution in [0.15, 0.2) is 86.5 Å². The number of ether oxygens (including phenoxy) is 1. The van der Waals surface area contributed by atoms with Crippen LogP contribution < -0.4 is 15.1 Å². The van der Waals surface area contributed by atoms with Crippen LogP contribution in [0.3, 0.4) is 0 Å². The third-order valence-corrected chi connectivity index (χ3v) is 7.33. The average molecular weight is 560 g/mol. The molecular formula is C27H18BrN3O4S. The summed E-state index contributed by atoms with van der Waals surface area (Å²) in [5.74, 6) is 0.287. The minimum absolute atomic E-state index is 0.0251. The largest absolute Gasteiger partial charge is 0.489 e. The van der Waals surface area contributed by atoms with Gasteiger partial charge in [-0.05, 0) is 48.4 Å². The Bertz CT molecular complexity index is 1660. The second-order valence-corrected chi connectivity index (χ2v) is 10.4. The number of halogens is 1. The monoisotopic (exact) mass is 559 g/mol. The number of carbonyl (C=O) groups is 1. The molecule has 1 atom stereocenters. The highest BCUT2D eigenvalue weighted by molar-refractivity contribution is 9.10. The van der Waals surface area contributed by atoms with Crippen LogP contribution in [0.5, 0.6) is 5.75 Å². The Hall–Kier alpha value is -3.82. The summed E-state index contributed by atoms with van der Waals surface area (Å²) in [5.41, 5.74) is 2.19. The molecule has 178 valence electrons. The minimum atomic E-state index is -0.706. The van der Waals surface area contributed by atoms with Crippen LogP contribution >= 0.6 is 27.3 Å². The van der Waals surface area contributed by atoms with E-state index in [9.17, 15) is 9.59 Å². The Morgan fingerprint density at radius 1 is 1.03 bits per heavy atom. The molecule has 0 spiro atoms. The molecule has 1 aliphatic rings. The van der Waals surface area contributed by atoms with Crippen molar-refractivity contribution >= 4 is 49.3 Å². The molecule has 5 aromatic rings. The number of anilines is 1. The van der Waals surface area contributed by atoms with E-state index in [0.717, 1.165) is 15.6 Å². The molecule has 0 N–H and O–H groups in total. The molecule has 1 amide bonds. The SMILES string of the molecule is Cc1nnc(N2C(=O)c3oc4ccc(Br)cc4c(=O)c3C2c2ccc(OCc3ccccc3)cc2)s1. The number of amides is 1. The summed E-state index contributed by atoms with van der Waals surface area (Å²) >= 11 is 4.71. The summed E-state index contributed by atoms with van der Waals surface area (Å²) in [6, 6.07) is 21.7. The molecule has 0 saturated heterocycles. The number of carbonyl (C=O) groups excluding carboxylic acids is 1. The maximum absolute atomic E-state index is 13.7. The molecule has 6 rings (SSSR count). The minimum Gasteiger partial charge on any atom is -0.489 e. The number of nitrogens with zero attached hydrogens (tertiary/aromatic N) is 3. The summed E-state index contributed by atoms with van der Waals surface area (Å²) in [4.78, 5) is 28.8. The summed E-state index contributed by atoms with van der Waals surface area (Å²) in [5, 5.41) is 9.80. The Labute approximate surface area is 218 Å². The molecular weight excluding hydrogens is 542 g/mol. The van der Waals surface area contributed by atoms with Crippen molar-refractivity contribution in [3.8, 4) is 5.75 Å². The van der Waals surface area contributed by atoms with Gasteiger partial charge in [-0.25, -0.2) is 0 Å². The van der Waals surface area contributed by atoms with E-state index >= 15 is 0 Å². The van der Waals surface area contributed by atoms with Crippen LogP contribution in [-0.4, -0.2) is 16.1 Å². The quantitative estimate of drug-likeness (QED) is 0.261. The first-order valence-corrected chi connectivity index (χ1v) is 12.8. The fourth-order valence-corrected chi connectivity index (χ4v) is 5.40. The van der Waals surface area contributed by atoms with E-state index in [1.165, 1.54) is 16.2 Å². The summed E-state index contributed by atoms with van der Waals surface area (Å²) in [6.07, 6.45) is 0. The van der Waals surface area contributed by atoms with Gasteiger partial charge in [0.05, 0.1) is 17.0 Å². The van der Waals surface area contributed by atoms with Crippen molar-refractivity contribution in [2.24, 2.45) is 0 Å². The Morgan fingerprint density at radius 2 is 1.81 bits per heavy atom. The smallest absolute Gasteiger partial charge is 0.297 e. The number of rotatable bonds is 5. The summed E-state index contributed by atoms with van der Waals surface area (Å²) < 4.78 is 12.7. The van der Waals surface area contributed by atoms with Crippen LogP contribution in [0.4, 0.5) is 5.13 Å². The third-order valence-electron chi connectivity index (χ3n) is 6.00. The van der Waals surface area contributed by atoms with Gasteiger partial charge >= 0.3 is 0 Å². The molecule has 0 bridgehead atoms. The molecule has 0 saturated carbocycles. The number of aromatic nitrogens is 2. The fourth-order valence-electron chi connectivity index (χ4n) is 4.33. The summed E-state index contributed by atoms with van der Waals surface area (Å²) in [7, 11) is 0. The van der Waals surface area contributed by atoms with Gasteiger partial charge in [-0.1, -0.05) is 69.7 Å². The first kappa shape index (κ1) is 22.6. The lowest BCUT2D eigenvalue weighted by Gasteiger charge is -2.22. The van der Waals surface area contributed by atoms with E-state index in [0.29, 0.717) is 33.5 Å². The first-order valence-electron chi connectivity index (χ1n) is 11.2. The average Bonchev–Trinajstić information content (AvgIpc) is 3.45. The predicted molar refractivity (Wildman–Crippen MR) is 141 cm³/mol. The van der Waals surface area contributed by atoms with E-state index in [-0.39, 0.29) is 16.8 Å². The number of aryl methyl sites for hydroxylation is 1. The van der Waals surface area contributed by atoms with Crippen LogP contribution in [0, 0.1) is 6.92 Å². The molecule has 36 heavy (non-hydrogen) atoms. The van der Waals surface area contributed by atoms with Crippen LogP contribution in [0.1, 0.15) is 38.3 Å². The number of benzene rings is 3. The highest BCUT2D eigenvalue weighted by Gasteiger charge is 2.45. The molecule has 1 aliphatic heterocycles. The lowest BCUT2D eigenvalue weighted by molar-refractivity contribution is 0.0970. The second kappa shape index (κ2) is 9.00. The van der Waals surface area contributed by atoms with Crippen molar-refractivity contribution in [2.45, 2.75) is 19.6 Å². The second-order valence-electron chi connectivity index (χ2n) is 8.34. The zero-order valence-electron chi connectivity index (χ0n) is 19.0. The number of fused-ring (bicyclic) bond motifs is 2. The van der Waals surface area contributed by atoms with Crippen molar-refractivity contribution in [3.63, 3.8) is 0 Å². The molecule has 1 unspecified atom stereocenters. The van der Waals surface area contributed by atoms with E-state index < -0.39 is 11.9 Å². The van der Waals surface area contributed by atoms with Gasteiger partial charge in [0.2, 0.25) is 10.9 Å². The van der Waals surface area contributed by atoms with Crippen molar-refractivity contribution in [1.29, 1.82) is 0 Å². The van der Waals surface area contributed by atoms with Crippen molar-refractivity contribution in [1.82, 2.24) is 10.2 Å². The predicted octanol–water partition coefficient (Wildman–Crippen LogP) is 6.04. The molecule has 0 aliphatic carbocycles. The first-order chi connectivity index (χ1) is 17.5. The lowest BCUT2D eigenvalue weighted by Crippen LogP contribution is -2.29. The molecule has 0 fully saturated rings. The van der Waals surface area contributed by atoms with Crippen molar-refractivity contribution in [3.05, 3.63) is 115 Å². The molecule has 7 nitrogen and oxygen atoms in total. The molecule has 0 radical (unpaired) electrons. The molecule has 3 aromatic carbocycles. The van der Waals surface area contributed by atoms with Gasteiger partial charge in [0.25, 0.3) is 5.91 Å². The number of hydrogen-bond acceptors (Lipinski definition) is 7. The lowest BCUT2D eigenvalue weighted by atomic mass is 9.98. The number of hydrogen-bond donors (Lipinski definition) is 0. The maximum atomic E-state index is 13.7. The highest BCUT2D eigenvalue weighted by Crippen LogP contribution is 2.42. The van der Waals surface area contributed by atoms with Crippen LogP contribution in [0.25, 0.3) is 11.0 Å². The van der Waals surface area contributed by atoms with E-state index in [1.807, 2.05) is 61.5 Å². The van der Waals surface area contributed by atoms with Gasteiger partial charge in [0.15, 0.2) is 5.43 Å². The van der Waals surface area contributed by atoms with Gasteiger partial charge in [-0.15, -0.1) is 10.2 Å². The normalized spacial score (nSPS) is 14.9. The zero-order chi connectivity index (χ0) is 24.8. The standard InChI is InChI=1S/C27H18BrN3O4S/c1-15-29-30-27(36-15)31-23(17-7-10-19(11-8-17)34-14-16-5-3-2-4-6-16)22-24(32)20-13-18(28)9-12-21(20)35-25(22)26(31)33/h2-13,23H,14H2,1H3. The molecule has 9 heteroatoms. The van der Waals surface area contributed by atoms with Crippen LogP contribution in [-0.2, 0) is 6.61 Å². The van der Waals surface area contributed by atoms with Gasteiger partial charge in [0, 0.05) is 4.47 Å². The van der Waals surface area contributed by atoms with Gasteiger partial charge < -0.3 is 9.15 Å². The third kappa shape index (κ3) is 3.90. The molecule has 2 aromatic heterocycles. The van der Waals surface area contributed by atoms with Gasteiger partial charge in [0.1, 0.15) is 22.9 Å². The summed E-state index contributed by atoms with van der Waals surface area (Å²) in [6.45, 7) is 2.25.